The van der Waals surface area contributed by atoms with Crippen LogP contribution in [0.4, 0.5) is 5.69 Å². The monoisotopic (exact) mass is 195 g/mol. The van der Waals surface area contributed by atoms with Crippen LogP contribution in [0.1, 0.15) is 13.8 Å². The van der Waals surface area contributed by atoms with Gasteiger partial charge in [0.25, 0.3) is 0 Å². The summed E-state index contributed by atoms with van der Waals surface area (Å²) >= 11 is 0. The molecule has 0 fully saturated rings. The number of hydrogen-bond acceptors (Lipinski definition) is 3. The standard InChI is InChI=1S/C11H17NO2/c1-8(2)7-14-10-5-4-9(12)6-11(10)13-3/h4-6,8H,7,12H2,1-3H3. The van der Waals surface area contributed by atoms with Crippen molar-refractivity contribution < 1.29 is 9.47 Å². The SMILES string of the molecule is COc1cc(N)ccc1OCC(C)C. The van der Waals surface area contributed by atoms with Gasteiger partial charge in [0.1, 0.15) is 0 Å². The molecule has 2 N–H and O–H groups in total. The first-order valence-electron chi connectivity index (χ1n) is 4.69. The maximum Gasteiger partial charge on any atom is 0.162 e. The van der Waals surface area contributed by atoms with E-state index in [0.717, 1.165) is 5.75 Å². The number of methoxy groups -OCH3 is 1. The minimum Gasteiger partial charge on any atom is -0.493 e. The fourth-order valence-electron chi connectivity index (χ4n) is 1.06. The Morgan fingerprint density at radius 3 is 2.57 bits per heavy atom. The highest BCUT2D eigenvalue weighted by atomic mass is 16.5. The predicted octanol–water partition coefficient (Wildman–Crippen LogP) is 2.31. The van der Waals surface area contributed by atoms with Crippen LogP contribution >= 0.6 is 0 Å². The van der Waals surface area contributed by atoms with E-state index in [9.17, 15) is 0 Å². The summed E-state index contributed by atoms with van der Waals surface area (Å²) in [7, 11) is 1.61. The van der Waals surface area contributed by atoms with Crippen molar-refractivity contribution in [2.75, 3.05) is 19.5 Å². The van der Waals surface area contributed by atoms with Gasteiger partial charge in [-0.1, -0.05) is 13.8 Å². The van der Waals surface area contributed by atoms with E-state index in [1.807, 2.05) is 6.07 Å². The smallest absolute Gasteiger partial charge is 0.162 e. The summed E-state index contributed by atoms with van der Waals surface area (Å²) in [6.07, 6.45) is 0. The van der Waals surface area contributed by atoms with Crippen LogP contribution in [-0.4, -0.2) is 13.7 Å². The zero-order chi connectivity index (χ0) is 10.6. The van der Waals surface area contributed by atoms with E-state index in [0.29, 0.717) is 24.0 Å². The van der Waals surface area contributed by atoms with Gasteiger partial charge >= 0.3 is 0 Å². The second-order valence-electron chi connectivity index (χ2n) is 3.62. The molecule has 0 aliphatic rings. The third-order valence-electron chi connectivity index (χ3n) is 1.76. The van der Waals surface area contributed by atoms with Crippen molar-refractivity contribution in [1.29, 1.82) is 0 Å². The van der Waals surface area contributed by atoms with Crippen molar-refractivity contribution in [1.82, 2.24) is 0 Å². The highest BCUT2D eigenvalue weighted by Crippen LogP contribution is 2.29. The van der Waals surface area contributed by atoms with Crippen molar-refractivity contribution in [3.63, 3.8) is 0 Å². The third-order valence-corrected chi connectivity index (χ3v) is 1.76. The predicted molar refractivity (Wildman–Crippen MR) is 57.7 cm³/mol. The van der Waals surface area contributed by atoms with Crippen LogP contribution in [0.5, 0.6) is 11.5 Å². The molecule has 0 radical (unpaired) electrons. The zero-order valence-corrected chi connectivity index (χ0v) is 8.91. The lowest BCUT2D eigenvalue weighted by Gasteiger charge is -2.12. The van der Waals surface area contributed by atoms with E-state index in [-0.39, 0.29) is 0 Å². The maximum absolute atomic E-state index is 5.62. The van der Waals surface area contributed by atoms with Crippen LogP contribution in [0, 0.1) is 5.92 Å². The molecule has 0 aliphatic heterocycles. The fourth-order valence-corrected chi connectivity index (χ4v) is 1.06. The van der Waals surface area contributed by atoms with Crippen molar-refractivity contribution in [2.24, 2.45) is 5.92 Å². The van der Waals surface area contributed by atoms with Crippen molar-refractivity contribution in [3.8, 4) is 11.5 Å². The molecule has 0 saturated heterocycles. The van der Waals surface area contributed by atoms with Crippen LogP contribution in [0.2, 0.25) is 0 Å². The molecule has 0 atom stereocenters. The number of nitrogen functional groups attached to an aromatic ring is 1. The Morgan fingerprint density at radius 1 is 1.29 bits per heavy atom. The van der Waals surface area contributed by atoms with Gasteiger partial charge < -0.3 is 15.2 Å². The van der Waals surface area contributed by atoms with E-state index >= 15 is 0 Å². The molecule has 1 aromatic carbocycles. The van der Waals surface area contributed by atoms with Crippen LogP contribution in [-0.2, 0) is 0 Å². The topological polar surface area (TPSA) is 44.5 Å². The molecule has 1 rings (SSSR count). The second-order valence-corrected chi connectivity index (χ2v) is 3.62. The molecule has 0 aliphatic carbocycles. The molecule has 0 aromatic heterocycles. The zero-order valence-electron chi connectivity index (χ0n) is 8.91. The lowest BCUT2D eigenvalue weighted by atomic mass is 10.2. The second kappa shape index (κ2) is 4.74. The summed E-state index contributed by atoms with van der Waals surface area (Å²) in [5, 5.41) is 0. The Balaban J connectivity index is 2.75. The van der Waals surface area contributed by atoms with Crippen molar-refractivity contribution >= 4 is 5.69 Å². The number of ether oxygens (including phenoxy) is 2. The van der Waals surface area contributed by atoms with Gasteiger partial charge in [-0.2, -0.15) is 0 Å². The van der Waals surface area contributed by atoms with E-state index in [1.165, 1.54) is 0 Å². The first-order valence-corrected chi connectivity index (χ1v) is 4.69. The largest absolute Gasteiger partial charge is 0.493 e. The van der Waals surface area contributed by atoms with Crippen LogP contribution in [0.25, 0.3) is 0 Å². The lowest BCUT2D eigenvalue weighted by Crippen LogP contribution is -2.05. The van der Waals surface area contributed by atoms with Crippen LogP contribution in [0.15, 0.2) is 18.2 Å². The first kappa shape index (κ1) is 10.7. The Bertz CT molecular complexity index is 297. The average Bonchev–Trinajstić information content (AvgIpc) is 2.15. The lowest BCUT2D eigenvalue weighted by molar-refractivity contribution is 0.257. The summed E-state index contributed by atoms with van der Waals surface area (Å²) in [5.74, 6) is 1.93. The van der Waals surface area contributed by atoms with Gasteiger partial charge in [0.2, 0.25) is 0 Å². The fraction of sp³-hybridized carbons (Fsp3) is 0.455. The molecule has 1 aromatic rings. The number of nitrogens with two attached hydrogens (primary N) is 1. The number of benzene rings is 1. The molecule has 3 heteroatoms. The van der Waals surface area contributed by atoms with E-state index in [2.05, 4.69) is 13.8 Å². The molecule has 0 spiro atoms. The minimum absolute atomic E-state index is 0.497. The van der Waals surface area contributed by atoms with Crippen LogP contribution in [0.3, 0.4) is 0 Å². The molecular formula is C11H17NO2. The Morgan fingerprint density at radius 2 is 2.00 bits per heavy atom. The summed E-state index contributed by atoms with van der Waals surface area (Å²) in [6, 6.07) is 5.39. The van der Waals surface area contributed by atoms with E-state index in [4.69, 9.17) is 15.2 Å². The number of rotatable bonds is 4. The molecule has 0 bridgehead atoms. The van der Waals surface area contributed by atoms with Gasteiger partial charge in [0, 0.05) is 11.8 Å². The van der Waals surface area contributed by atoms with Gasteiger partial charge in [-0.05, 0) is 18.1 Å². The average molecular weight is 195 g/mol. The Labute approximate surface area is 84.8 Å². The Kier molecular flexibility index (Phi) is 3.63. The van der Waals surface area contributed by atoms with E-state index in [1.54, 1.807) is 19.2 Å². The molecule has 0 amide bonds. The van der Waals surface area contributed by atoms with E-state index < -0.39 is 0 Å². The van der Waals surface area contributed by atoms with Gasteiger partial charge in [0.15, 0.2) is 11.5 Å². The van der Waals surface area contributed by atoms with Crippen molar-refractivity contribution in [2.45, 2.75) is 13.8 Å². The molecular weight excluding hydrogens is 178 g/mol. The van der Waals surface area contributed by atoms with Crippen LogP contribution < -0.4 is 15.2 Å². The summed E-state index contributed by atoms with van der Waals surface area (Å²) in [5.41, 5.74) is 6.30. The van der Waals surface area contributed by atoms with Gasteiger partial charge in [-0.15, -0.1) is 0 Å². The molecule has 0 unspecified atom stereocenters. The highest BCUT2D eigenvalue weighted by Gasteiger charge is 2.04. The molecule has 3 nitrogen and oxygen atoms in total. The molecule has 14 heavy (non-hydrogen) atoms. The van der Waals surface area contributed by atoms with Gasteiger partial charge in [-0.25, -0.2) is 0 Å². The quantitative estimate of drug-likeness (QED) is 0.750. The third kappa shape index (κ3) is 2.83. The number of hydrogen-bond donors (Lipinski definition) is 1. The molecule has 78 valence electrons. The summed E-state index contributed by atoms with van der Waals surface area (Å²) in [6.45, 7) is 4.88. The maximum atomic E-state index is 5.62. The molecule has 0 heterocycles. The summed E-state index contributed by atoms with van der Waals surface area (Å²) < 4.78 is 10.7. The van der Waals surface area contributed by atoms with Gasteiger partial charge in [-0.3, -0.25) is 0 Å². The van der Waals surface area contributed by atoms with Gasteiger partial charge in [0.05, 0.1) is 13.7 Å². The van der Waals surface area contributed by atoms with Crippen molar-refractivity contribution in [3.05, 3.63) is 18.2 Å². The number of anilines is 1. The first-order chi connectivity index (χ1) is 6.63. The normalized spacial score (nSPS) is 10.3. The Hall–Kier alpha value is -1.38. The summed E-state index contributed by atoms with van der Waals surface area (Å²) in [4.78, 5) is 0. The minimum atomic E-state index is 0.497. The highest BCUT2D eigenvalue weighted by molar-refractivity contribution is 5.51. The molecule has 0 saturated carbocycles.